The summed E-state index contributed by atoms with van der Waals surface area (Å²) in [6.45, 7) is 44.3. The molecule has 1 aromatic heterocycles. The highest BCUT2D eigenvalue weighted by Gasteiger charge is 2.49. The predicted octanol–water partition coefficient (Wildman–Crippen LogP) is 17.7. The molecule has 3 heterocycles. The van der Waals surface area contributed by atoms with Crippen LogP contribution < -0.4 is 26.2 Å². The molecule has 6 aliphatic rings. The Kier molecular flexibility index (Phi) is 9.70. The van der Waals surface area contributed by atoms with Gasteiger partial charge in [-0.3, -0.25) is 0 Å². The van der Waals surface area contributed by atoms with Crippen LogP contribution in [0.1, 0.15) is 218 Å². The summed E-state index contributed by atoms with van der Waals surface area (Å²) in [6, 6.07) is 33.3. The monoisotopic (exact) mass is 979 g/mol. The smallest absolute Gasteiger partial charge is 0.252 e. The van der Waals surface area contributed by atoms with Gasteiger partial charge in [0.05, 0.1) is 0 Å². The van der Waals surface area contributed by atoms with Crippen LogP contribution >= 0.6 is 0 Å². The summed E-state index contributed by atoms with van der Waals surface area (Å²) in [4.78, 5) is 5.42. The minimum atomic E-state index is -0.00657. The first-order valence-electron chi connectivity index (χ1n) is 28.7. The van der Waals surface area contributed by atoms with Crippen molar-refractivity contribution in [1.82, 2.24) is 0 Å². The molecule has 4 aliphatic carbocycles. The molecule has 0 unspecified atom stereocenters. The fourth-order valence-corrected chi connectivity index (χ4v) is 15.7. The fraction of sp³-hybridized carbons (Fsp3) is 0.486. The number of rotatable bonds is 2. The first kappa shape index (κ1) is 48.4. The molecule has 4 heteroatoms. The molecule has 7 aromatic rings. The van der Waals surface area contributed by atoms with Crippen molar-refractivity contribution in [3.63, 3.8) is 0 Å². The molecule has 0 saturated carbocycles. The lowest BCUT2D eigenvalue weighted by Gasteiger charge is -2.48. The number of aryl methyl sites for hydroxylation is 2. The van der Waals surface area contributed by atoms with E-state index in [1.165, 1.54) is 168 Å². The van der Waals surface area contributed by atoms with E-state index >= 15 is 0 Å². The molecule has 0 atom stereocenters. The van der Waals surface area contributed by atoms with E-state index in [4.69, 9.17) is 4.42 Å². The molecule has 6 aromatic carbocycles. The van der Waals surface area contributed by atoms with Crippen LogP contribution in [0.5, 0.6) is 0 Å². The largest absolute Gasteiger partial charge is 0.456 e. The minimum Gasteiger partial charge on any atom is -0.456 e. The maximum Gasteiger partial charge on any atom is 0.252 e. The Balaban J connectivity index is 1.17. The summed E-state index contributed by atoms with van der Waals surface area (Å²) in [5.41, 5.74) is 29.0. The molecular formula is C70H83BN2O. The van der Waals surface area contributed by atoms with Gasteiger partial charge in [-0.05, 0) is 229 Å². The van der Waals surface area contributed by atoms with E-state index in [9.17, 15) is 0 Å². The fourth-order valence-electron chi connectivity index (χ4n) is 15.7. The number of nitrogens with zero attached hydrogens (tertiary/aromatic N) is 2. The van der Waals surface area contributed by atoms with Gasteiger partial charge in [0, 0.05) is 51.0 Å². The SMILES string of the molecule is Cc1cc2c3c(c1)N(c1cc4c(cc1C)C(C)(C)CCC4(C)C)c1cc4oc5cc6c(cc5c4cc1B3c1cc3c(cc1N2c1ccc2c(c1)C(C)(C)CCC2(C)C)C(C)(C)CCC3(C)C)C(C)(C)CCC6(C)C. The van der Waals surface area contributed by atoms with Gasteiger partial charge in [0.2, 0.25) is 0 Å². The molecule has 382 valence electrons. The van der Waals surface area contributed by atoms with Crippen LogP contribution in [0.3, 0.4) is 0 Å². The number of benzene rings is 6. The second-order valence-electron chi connectivity index (χ2n) is 30.2. The third kappa shape index (κ3) is 6.69. The number of hydrogen-bond donors (Lipinski definition) is 0. The average molecular weight is 979 g/mol. The van der Waals surface area contributed by atoms with Crippen LogP contribution in [0.4, 0.5) is 34.1 Å². The van der Waals surface area contributed by atoms with Crippen LogP contribution in [-0.4, -0.2) is 6.71 Å². The van der Waals surface area contributed by atoms with E-state index in [0.29, 0.717) is 0 Å². The standard InChI is InChI=1S/C70H83BN2O/c1-40-29-58-62-59(30-40)73(55-36-50-46(31-41(55)2)64(5,6)23-26-68(50,13)14)57-39-61-44(43-33-48-52(38-60(43)74-61)70(17,18)28-24-66(48,9)10)34-53(57)71(62)54-35-49-51(69(15,16)27-25-67(49,11)12)37-56(54)72(58)42-19-20-45-47(32-42)65(7,8)22-21-63(45,3)4/h19-20,29-39H,21-28H2,1-18H3. The topological polar surface area (TPSA) is 19.6 Å². The highest BCUT2D eigenvalue weighted by Crippen LogP contribution is 2.56. The van der Waals surface area contributed by atoms with Crippen LogP contribution in [0.15, 0.2) is 83.3 Å². The summed E-state index contributed by atoms with van der Waals surface area (Å²) in [5.74, 6) is 0. The molecule has 0 N–H and O–H groups in total. The lowest BCUT2D eigenvalue weighted by atomic mass is 9.33. The Hall–Kier alpha value is -5.22. The van der Waals surface area contributed by atoms with Crippen molar-refractivity contribution < 1.29 is 4.42 Å². The van der Waals surface area contributed by atoms with Crippen molar-refractivity contribution in [2.24, 2.45) is 0 Å². The maximum atomic E-state index is 7.24. The third-order valence-corrected chi connectivity index (χ3v) is 21.3. The molecular weight excluding hydrogens is 896 g/mol. The number of fused-ring (bicyclic) bond motifs is 11. The lowest BCUT2D eigenvalue weighted by Crippen LogP contribution is -2.62. The van der Waals surface area contributed by atoms with E-state index in [0.717, 1.165) is 11.2 Å². The van der Waals surface area contributed by atoms with Gasteiger partial charge >= 0.3 is 0 Å². The Morgan fingerprint density at radius 3 is 1.30 bits per heavy atom. The first-order valence-corrected chi connectivity index (χ1v) is 28.7. The molecule has 2 aliphatic heterocycles. The molecule has 13 rings (SSSR count). The van der Waals surface area contributed by atoms with Crippen molar-refractivity contribution in [2.75, 3.05) is 9.80 Å². The quantitative estimate of drug-likeness (QED) is 0.161. The zero-order valence-corrected chi connectivity index (χ0v) is 48.5. The van der Waals surface area contributed by atoms with Gasteiger partial charge in [0.1, 0.15) is 11.2 Å². The van der Waals surface area contributed by atoms with Crippen molar-refractivity contribution in [3.05, 3.63) is 134 Å². The van der Waals surface area contributed by atoms with Crippen molar-refractivity contribution >= 4 is 79.2 Å². The lowest BCUT2D eigenvalue weighted by molar-refractivity contribution is 0.332. The van der Waals surface area contributed by atoms with Crippen LogP contribution in [0.25, 0.3) is 21.9 Å². The number of furan rings is 1. The van der Waals surface area contributed by atoms with Crippen molar-refractivity contribution in [3.8, 4) is 0 Å². The highest BCUT2D eigenvalue weighted by molar-refractivity contribution is 7.00. The minimum absolute atomic E-state index is 0.00657. The molecule has 0 saturated heterocycles. The summed E-state index contributed by atoms with van der Waals surface area (Å²) in [7, 11) is 0. The molecule has 3 nitrogen and oxygen atoms in total. The van der Waals surface area contributed by atoms with E-state index in [1.54, 1.807) is 0 Å². The van der Waals surface area contributed by atoms with Gasteiger partial charge in [-0.15, -0.1) is 0 Å². The summed E-state index contributed by atoms with van der Waals surface area (Å²) in [5, 5.41) is 2.47. The number of hydrogen-bond acceptors (Lipinski definition) is 3. The zero-order valence-electron chi connectivity index (χ0n) is 48.5. The van der Waals surface area contributed by atoms with Gasteiger partial charge in [0.25, 0.3) is 6.71 Å². The van der Waals surface area contributed by atoms with Crippen LogP contribution in [-0.2, 0) is 43.3 Å². The Bertz CT molecular complexity index is 3620. The van der Waals surface area contributed by atoms with E-state index in [-0.39, 0.29) is 50.0 Å². The molecule has 0 radical (unpaired) electrons. The Labute approximate surface area is 445 Å². The van der Waals surface area contributed by atoms with E-state index in [2.05, 4.69) is 213 Å². The Morgan fingerprint density at radius 1 is 0.351 bits per heavy atom. The van der Waals surface area contributed by atoms with Crippen LogP contribution in [0.2, 0.25) is 0 Å². The normalized spacial score (nSPS) is 22.3. The van der Waals surface area contributed by atoms with Gasteiger partial charge in [-0.25, -0.2) is 0 Å². The Morgan fingerprint density at radius 2 is 0.743 bits per heavy atom. The predicted molar refractivity (Wildman–Crippen MR) is 318 cm³/mol. The molecule has 0 spiro atoms. The van der Waals surface area contributed by atoms with E-state index in [1.807, 2.05) is 0 Å². The molecule has 74 heavy (non-hydrogen) atoms. The van der Waals surface area contributed by atoms with Crippen molar-refractivity contribution in [2.45, 2.75) is 219 Å². The molecule has 0 bridgehead atoms. The second-order valence-corrected chi connectivity index (χ2v) is 30.2. The average Bonchev–Trinajstić information content (AvgIpc) is 3.67. The summed E-state index contributed by atoms with van der Waals surface area (Å²) >= 11 is 0. The zero-order chi connectivity index (χ0) is 52.6. The second kappa shape index (κ2) is 14.8. The summed E-state index contributed by atoms with van der Waals surface area (Å²) < 4.78 is 7.24. The first-order chi connectivity index (χ1) is 34.4. The van der Waals surface area contributed by atoms with Gasteiger partial charge in [0.15, 0.2) is 0 Å². The number of anilines is 6. The molecule has 0 fully saturated rings. The highest BCUT2D eigenvalue weighted by atomic mass is 16.3. The van der Waals surface area contributed by atoms with Crippen LogP contribution in [0, 0.1) is 13.8 Å². The molecule has 0 amide bonds. The third-order valence-electron chi connectivity index (χ3n) is 21.3. The maximum absolute atomic E-state index is 7.24. The summed E-state index contributed by atoms with van der Waals surface area (Å²) in [6.07, 6.45) is 9.44. The van der Waals surface area contributed by atoms with Gasteiger partial charge < -0.3 is 14.2 Å². The van der Waals surface area contributed by atoms with Gasteiger partial charge in [-0.1, -0.05) is 135 Å². The van der Waals surface area contributed by atoms with E-state index < -0.39 is 0 Å². The van der Waals surface area contributed by atoms with Crippen molar-refractivity contribution in [1.29, 1.82) is 0 Å². The van der Waals surface area contributed by atoms with Gasteiger partial charge in [-0.2, -0.15) is 0 Å².